The second kappa shape index (κ2) is 5.99. The normalized spacial score (nSPS) is 17.1. The van der Waals surface area contributed by atoms with Crippen molar-refractivity contribution in [1.82, 2.24) is 4.90 Å². The van der Waals surface area contributed by atoms with Crippen molar-refractivity contribution in [2.24, 2.45) is 0 Å². The van der Waals surface area contributed by atoms with E-state index in [-0.39, 0.29) is 11.6 Å². The maximum Gasteiger partial charge on any atom is 0.244 e. The van der Waals surface area contributed by atoms with Crippen LogP contribution in [0, 0.1) is 11.6 Å². The molecule has 1 saturated heterocycles. The van der Waals surface area contributed by atoms with Crippen molar-refractivity contribution in [2.45, 2.75) is 32.2 Å². The summed E-state index contributed by atoms with van der Waals surface area (Å²) in [6, 6.07) is 3.00. The van der Waals surface area contributed by atoms with Crippen LogP contribution in [0.5, 0.6) is 0 Å². The van der Waals surface area contributed by atoms with Gasteiger partial charge < -0.3 is 10.2 Å². The van der Waals surface area contributed by atoms with Crippen LogP contribution in [0.25, 0.3) is 0 Å². The van der Waals surface area contributed by atoms with Crippen molar-refractivity contribution in [1.29, 1.82) is 0 Å². The third-order valence-electron chi connectivity index (χ3n) is 3.36. The van der Waals surface area contributed by atoms with Crippen molar-refractivity contribution in [3.8, 4) is 0 Å². The van der Waals surface area contributed by atoms with E-state index in [0.717, 1.165) is 32.4 Å². The number of nitrogens with one attached hydrogen (secondary N) is 1. The van der Waals surface area contributed by atoms with Gasteiger partial charge in [-0.2, -0.15) is 0 Å². The number of para-hydroxylation sites is 1. The first-order valence-corrected chi connectivity index (χ1v) is 6.59. The Kier molecular flexibility index (Phi) is 4.35. The molecule has 1 atom stereocenters. The topological polar surface area (TPSA) is 32.3 Å². The SMILES string of the molecule is CC(Nc1c(F)cccc1F)C(=O)N1CCCCC1. The molecule has 19 heavy (non-hydrogen) atoms. The minimum absolute atomic E-state index is 0.109. The van der Waals surface area contributed by atoms with Crippen molar-refractivity contribution in [3.63, 3.8) is 0 Å². The molecular formula is C14H18F2N2O. The summed E-state index contributed by atoms with van der Waals surface area (Å²) in [7, 11) is 0. The number of likely N-dealkylation sites (tertiary alicyclic amines) is 1. The van der Waals surface area contributed by atoms with Crippen LogP contribution in [-0.4, -0.2) is 29.9 Å². The Labute approximate surface area is 111 Å². The number of piperidine rings is 1. The third kappa shape index (κ3) is 3.22. The first-order valence-electron chi connectivity index (χ1n) is 6.59. The molecule has 1 aromatic rings. The number of rotatable bonds is 3. The largest absolute Gasteiger partial charge is 0.369 e. The fourth-order valence-corrected chi connectivity index (χ4v) is 2.30. The van der Waals surface area contributed by atoms with E-state index in [1.807, 2.05) is 0 Å². The number of nitrogens with zero attached hydrogens (tertiary/aromatic N) is 1. The summed E-state index contributed by atoms with van der Waals surface area (Å²) in [5.74, 6) is -1.47. The van der Waals surface area contributed by atoms with Gasteiger partial charge in [-0.3, -0.25) is 4.79 Å². The molecule has 1 amide bonds. The molecule has 1 aliphatic rings. The molecule has 0 aliphatic carbocycles. The van der Waals surface area contributed by atoms with E-state index < -0.39 is 17.7 Å². The molecule has 1 fully saturated rings. The van der Waals surface area contributed by atoms with Gasteiger partial charge in [-0.05, 0) is 38.3 Å². The van der Waals surface area contributed by atoms with E-state index in [9.17, 15) is 13.6 Å². The van der Waals surface area contributed by atoms with Crippen LogP contribution in [0.2, 0.25) is 0 Å². The summed E-state index contributed by atoms with van der Waals surface area (Å²) in [5.41, 5.74) is -0.236. The number of carbonyl (C=O) groups is 1. The molecule has 1 unspecified atom stereocenters. The summed E-state index contributed by atoms with van der Waals surface area (Å²) < 4.78 is 27.0. The van der Waals surface area contributed by atoms with Crippen LogP contribution in [0.15, 0.2) is 18.2 Å². The first-order chi connectivity index (χ1) is 9.09. The van der Waals surface area contributed by atoms with E-state index in [1.165, 1.54) is 18.2 Å². The standard InChI is InChI=1S/C14H18F2N2O/c1-10(14(19)18-8-3-2-4-9-18)17-13-11(15)6-5-7-12(13)16/h5-7,10,17H,2-4,8-9H2,1H3. The minimum Gasteiger partial charge on any atom is -0.369 e. The van der Waals surface area contributed by atoms with Gasteiger partial charge in [-0.25, -0.2) is 8.78 Å². The molecule has 0 bridgehead atoms. The van der Waals surface area contributed by atoms with Crippen molar-refractivity contribution in [3.05, 3.63) is 29.8 Å². The van der Waals surface area contributed by atoms with Crippen LogP contribution in [0.1, 0.15) is 26.2 Å². The van der Waals surface area contributed by atoms with Crippen molar-refractivity contribution >= 4 is 11.6 Å². The van der Waals surface area contributed by atoms with Gasteiger partial charge in [0.25, 0.3) is 0 Å². The van der Waals surface area contributed by atoms with E-state index in [2.05, 4.69) is 5.32 Å². The highest BCUT2D eigenvalue weighted by molar-refractivity contribution is 5.84. The minimum atomic E-state index is -0.682. The average Bonchev–Trinajstić information content (AvgIpc) is 2.43. The summed E-state index contributed by atoms with van der Waals surface area (Å²) in [4.78, 5) is 13.9. The predicted molar refractivity (Wildman–Crippen MR) is 69.9 cm³/mol. The van der Waals surface area contributed by atoms with Gasteiger partial charge in [0, 0.05) is 13.1 Å². The zero-order valence-corrected chi connectivity index (χ0v) is 11.0. The van der Waals surface area contributed by atoms with E-state index in [4.69, 9.17) is 0 Å². The maximum absolute atomic E-state index is 13.5. The molecule has 0 saturated carbocycles. The Hall–Kier alpha value is -1.65. The lowest BCUT2D eigenvalue weighted by Crippen LogP contribution is -2.44. The molecule has 1 aromatic carbocycles. The molecule has 0 aromatic heterocycles. The number of carbonyl (C=O) groups excluding carboxylic acids is 1. The van der Waals surface area contributed by atoms with Crippen molar-refractivity contribution in [2.75, 3.05) is 18.4 Å². The highest BCUT2D eigenvalue weighted by Gasteiger charge is 2.23. The summed E-state index contributed by atoms with van der Waals surface area (Å²) in [6.45, 7) is 3.08. The Balaban J connectivity index is 2.03. The zero-order valence-electron chi connectivity index (χ0n) is 11.0. The molecule has 1 aliphatic heterocycles. The lowest BCUT2D eigenvalue weighted by molar-refractivity contribution is -0.132. The fourth-order valence-electron chi connectivity index (χ4n) is 2.30. The van der Waals surface area contributed by atoms with Crippen molar-refractivity contribution < 1.29 is 13.6 Å². The molecule has 5 heteroatoms. The Bertz CT molecular complexity index is 439. The Morgan fingerprint density at radius 2 is 1.79 bits per heavy atom. The summed E-state index contributed by atoms with van der Waals surface area (Å²) >= 11 is 0. The van der Waals surface area contributed by atoms with Crippen LogP contribution in [0.3, 0.4) is 0 Å². The monoisotopic (exact) mass is 268 g/mol. The highest BCUT2D eigenvalue weighted by Crippen LogP contribution is 2.20. The van der Waals surface area contributed by atoms with Gasteiger partial charge >= 0.3 is 0 Å². The van der Waals surface area contributed by atoms with Gasteiger partial charge in [0.2, 0.25) is 5.91 Å². The number of benzene rings is 1. The first kappa shape index (κ1) is 13.8. The van der Waals surface area contributed by atoms with Gasteiger partial charge in [-0.15, -0.1) is 0 Å². The summed E-state index contributed by atoms with van der Waals surface area (Å²) in [5, 5.41) is 2.63. The van der Waals surface area contributed by atoms with Crippen LogP contribution in [0.4, 0.5) is 14.5 Å². The number of anilines is 1. The lowest BCUT2D eigenvalue weighted by Gasteiger charge is -2.29. The maximum atomic E-state index is 13.5. The van der Waals surface area contributed by atoms with Crippen LogP contribution >= 0.6 is 0 Å². The van der Waals surface area contributed by atoms with E-state index >= 15 is 0 Å². The van der Waals surface area contributed by atoms with Gasteiger partial charge in [0.15, 0.2) is 0 Å². The smallest absolute Gasteiger partial charge is 0.244 e. The lowest BCUT2D eigenvalue weighted by atomic mass is 10.1. The number of amides is 1. The molecule has 2 rings (SSSR count). The van der Waals surface area contributed by atoms with Gasteiger partial charge in [0.05, 0.1) is 0 Å². The van der Waals surface area contributed by atoms with Crippen LogP contribution in [-0.2, 0) is 4.79 Å². The Morgan fingerprint density at radius 1 is 1.21 bits per heavy atom. The quantitative estimate of drug-likeness (QED) is 0.914. The molecular weight excluding hydrogens is 250 g/mol. The van der Waals surface area contributed by atoms with Gasteiger partial charge in [0.1, 0.15) is 23.4 Å². The third-order valence-corrected chi connectivity index (χ3v) is 3.36. The number of hydrogen-bond acceptors (Lipinski definition) is 2. The predicted octanol–water partition coefficient (Wildman–Crippen LogP) is 2.78. The number of halogens is 2. The molecule has 104 valence electrons. The zero-order chi connectivity index (χ0) is 13.8. The number of hydrogen-bond donors (Lipinski definition) is 1. The molecule has 0 radical (unpaired) electrons. The molecule has 1 heterocycles. The molecule has 3 nitrogen and oxygen atoms in total. The summed E-state index contributed by atoms with van der Waals surface area (Å²) in [6.07, 6.45) is 3.12. The van der Waals surface area contributed by atoms with Crippen LogP contribution < -0.4 is 5.32 Å². The second-order valence-electron chi connectivity index (χ2n) is 4.85. The molecule has 1 N–H and O–H groups in total. The average molecular weight is 268 g/mol. The molecule has 0 spiro atoms. The van der Waals surface area contributed by atoms with E-state index in [1.54, 1.807) is 11.8 Å². The van der Waals surface area contributed by atoms with Gasteiger partial charge in [-0.1, -0.05) is 6.07 Å². The van der Waals surface area contributed by atoms with E-state index in [0.29, 0.717) is 0 Å². The highest BCUT2D eigenvalue weighted by atomic mass is 19.1. The Morgan fingerprint density at radius 3 is 2.37 bits per heavy atom. The second-order valence-corrected chi connectivity index (χ2v) is 4.85. The fraction of sp³-hybridized carbons (Fsp3) is 0.500.